The first-order valence-corrected chi connectivity index (χ1v) is 7.32. The molecule has 1 atom stereocenters. The Balaban J connectivity index is 2.23. The predicted octanol–water partition coefficient (Wildman–Crippen LogP) is 2.85. The third kappa shape index (κ3) is 3.81. The van der Waals surface area contributed by atoms with Crippen molar-refractivity contribution in [3.05, 3.63) is 35.2 Å². The van der Waals surface area contributed by atoms with Crippen molar-refractivity contribution in [3.63, 3.8) is 0 Å². The quantitative estimate of drug-likeness (QED) is 0.881. The SMILES string of the molecule is CCC(N)Cc1cc(C)ccc1Sc1n[nH]c(C)n1. The Hall–Kier alpha value is -1.33. The number of aryl methyl sites for hydroxylation is 2. The van der Waals surface area contributed by atoms with Crippen molar-refractivity contribution < 1.29 is 0 Å². The van der Waals surface area contributed by atoms with Gasteiger partial charge in [-0.25, -0.2) is 4.98 Å². The number of nitrogens with one attached hydrogen (secondary N) is 1. The first-order valence-electron chi connectivity index (χ1n) is 6.50. The molecule has 0 bridgehead atoms. The van der Waals surface area contributed by atoms with Crippen molar-refractivity contribution in [3.8, 4) is 0 Å². The van der Waals surface area contributed by atoms with Crippen LogP contribution in [0.4, 0.5) is 0 Å². The summed E-state index contributed by atoms with van der Waals surface area (Å²) in [4.78, 5) is 5.52. The number of nitrogens with zero attached hydrogens (tertiary/aromatic N) is 2. The molecule has 2 rings (SSSR count). The van der Waals surface area contributed by atoms with Gasteiger partial charge in [-0.2, -0.15) is 0 Å². The van der Waals surface area contributed by atoms with Crippen LogP contribution in [0.1, 0.15) is 30.3 Å². The summed E-state index contributed by atoms with van der Waals surface area (Å²) in [6.45, 7) is 6.12. The van der Waals surface area contributed by atoms with Crippen LogP contribution in [0.15, 0.2) is 28.3 Å². The van der Waals surface area contributed by atoms with Gasteiger partial charge in [-0.05, 0) is 50.1 Å². The van der Waals surface area contributed by atoms with E-state index in [1.54, 1.807) is 11.8 Å². The molecule has 0 spiro atoms. The molecule has 0 aliphatic heterocycles. The molecule has 5 heteroatoms. The minimum atomic E-state index is 0.204. The molecule has 0 aliphatic rings. The third-order valence-electron chi connectivity index (χ3n) is 3.00. The summed E-state index contributed by atoms with van der Waals surface area (Å²) in [7, 11) is 0. The monoisotopic (exact) mass is 276 g/mol. The van der Waals surface area contributed by atoms with Gasteiger partial charge in [0.1, 0.15) is 5.82 Å². The van der Waals surface area contributed by atoms with Crippen LogP contribution in [0, 0.1) is 13.8 Å². The number of benzene rings is 1. The van der Waals surface area contributed by atoms with Crippen molar-refractivity contribution in [2.75, 3.05) is 0 Å². The average molecular weight is 276 g/mol. The van der Waals surface area contributed by atoms with E-state index in [2.05, 4.69) is 47.2 Å². The number of nitrogens with two attached hydrogens (primary N) is 1. The maximum atomic E-state index is 6.07. The molecule has 1 aromatic carbocycles. The summed E-state index contributed by atoms with van der Waals surface area (Å²) >= 11 is 1.59. The molecule has 1 aromatic heterocycles. The summed E-state index contributed by atoms with van der Waals surface area (Å²) in [5, 5.41) is 7.79. The molecule has 2 aromatic rings. The van der Waals surface area contributed by atoms with E-state index < -0.39 is 0 Å². The molecule has 1 heterocycles. The van der Waals surface area contributed by atoms with E-state index in [4.69, 9.17) is 5.73 Å². The van der Waals surface area contributed by atoms with Gasteiger partial charge in [-0.1, -0.05) is 24.6 Å². The van der Waals surface area contributed by atoms with Crippen molar-refractivity contribution in [2.24, 2.45) is 5.73 Å². The highest BCUT2D eigenvalue weighted by Crippen LogP contribution is 2.29. The van der Waals surface area contributed by atoms with Gasteiger partial charge >= 0.3 is 0 Å². The van der Waals surface area contributed by atoms with Crippen molar-refractivity contribution in [1.82, 2.24) is 15.2 Å². The Morgan fingerprint density at radius 2 is 2.16 bits per heavy atom. The summed E-state index contributed by atoms with van der Waals surface area (Å²) in [6, 6.07) is 6.65. The standard InChI is InChI=1S/C14H20N4S/c1-4-12(15)8-11-7-9(2)5-6-13(11)19-14-16-10(3)17-18-14/h5-7,12H,4,8,15H2,1-3H3,(H,16,17,18). The highest BCUT2D eigenvalue weighted by molar-refractivity contribution is 7.99. The topological polar surface area (TPSA) is 67.6 Å². The van der Waals surface area contributed by atoms with Crippen LogP contribution in [0.5, 0.6) is 0 Å². The smallest absolute Gasteiger partial charge is 0.213 e. The second-order valence-corrected chi connectivity index (χ2v) is 5.80. The highest BCUT2D eigenvalue weighted by Gasteiger charge is 2.10. The van der Waals surface area contributed by atoms with E-state index >= 15 is 0 Å². The first-order chi connectivity index (χ1) is 9.08. The maximum absolute atomic E-state index is 6.07. The number of hydrogen-bond acceptors (Lipinski definition) is 4. The molecular weight excluding hydrogens is 256 g/mol. The molecular formula is C14H20N4S. The molecule has 0 saturated carbocycles. The van der Waals surface area contributed by atoms with Crippen LogP contribution < -0.4 is 5.73 Å². The van der Waals surface area contributed by atoms with E-state index in [1.807, 2.05) is 6.92 Å². The van der Waals surface area contributed by atoms with Crippen LogP contribution in [-0.4, -0.2) is 21.2 Å². The lowest BCUT2D eigenvalue weighted by atomic mass is 10.0. The van der Waals surface area contributed by atoms with Crippen molar-refractivity contribution in [2.45, 2.75) is 49.7 Å². The lowest BCUT2D eigenvalue weighted by Crippen LogP contribution is -2.21. The summed E-state index contributed by atoms with van der Waals surface area (Å²) in [6.07, 6.45) is 1.88. The Bertz CT molecular complexity index is 550. The second kappa shape index (κ2) is 6.21. The van der Waals surface area contributed by atoms with Crippen LogP contribution in [0.25, 0.3) is 0 Å². The maximum Gasteiger partial charge on any atom is 0.213 e. The van der Waals surface area contributed by atoms with Crippen molar-refractivity contribution in [1.29, 1.82) is 0 Å². The predicted molar refractivity (Wildman–Crippen MR) is 78.4 cm³/mol. The summed E-state index contributed by atoms with van der Waals surface area (Å²) in [5.74, 6) is 0.835. The minimum Gasteiger partial charge on any atom is -0.327 e. The van der Waals surface area contributed by atoms with Gasteiger partial charge in [0.25, 0.3) is 0 Å². The molecule has 4 nitrogen and oxygen atoms in total. The third-order valence-corrected chi connectivity index (χ3v) is 3.98. The summed E-state index contributed by atoms with van der Waals surface area (Å²) < 4.78 is 0. The zero-order valence-corrected chi connectivity index (χ0v) is 12.4. The van der Waals surface area contributed by atoms with Gasteiger partial charge in [0.15, 0.2) is 0 Å². The molecule has 1 unspecified atom stereocenters. The molecule has 0 radical (unpaired) electrons. The van der Waals surface area contributed by atoms with Crippen LogP contribution >= 0.6 is 11.8 Å². The van der Waals surface area contributed by atoms with Gasteiger partial charge in [0.05, 0.1) is 0 Å². The first kappa shape index (κ1) is 14.1. The molecule has 3 N–H and O–H groups in total. The average Bonchev–Trinajstić information content (AvgIpc) is 2.78. The second-order valence-electron chi connectivity index (χ2n) is 4.79. The summed E-state index contributed by atoms with van der Waals surface area (Å²) in [5.41, 5.74) is 8.61. The Kier molecular flexibility index (Phi) is 4.61. The fourth-order valence-electron chi connectivity index (χ4n) is 1.86. The van der Waals surface area contributed by atoms with E-state index in [9.17, 15) is 0 Å². The fourth-order valence-corrected chi connectivity index (χ4v) is 2.74. The highest BCUT2D eigenvalue weighted by atomic mass is 32.2. The number of rotatable bonds is 5. The van der Waals surface area contributed by atoms with Crippen molar-refractivity contribution >= 4 is 11.8 Å². The number of hydrogen-bond donors (Lipinski definition) is 2. The molecule has 0 fully saturated rings. The van der Waals surface area contributed by atoms with Crippen LogP contribution in [-0.2, 0) is 6.42 Å². The number of aromatic nitrogens is 3. The Labute approximate surface area is 118 Å². The molecule has 19 heavy (non-hydrogen) atoms. The fraction of sp³-hybridized carbons (Fsp3) is 0.429. The van der Waals surface area contributed by atoms with E-state index in [-0.39, 0.29) is 6.04 Å². The molecule has 102 valence electrons. The Morgan fingerprint density at radius 1 is 1.37 bits per heavy atom. The number of aromatic amines is 1. The van der Waals surface area contributed by atoms with Gasteiger partial charge in [0, 0.05) is 10.9 Å². The lowest BCUT2D eigenvalue weighted by molar-refractivity contribution is 0.640. The Morgan fingerprint density at radius 3 is 2.79 bits per heavy atom. The zero-order chi connectivity index (χ0) is 13.8. The molecule has 0 aliphatic carbocycles. The van der Waals surface area contributed by atoms with Gasteiger partial charge in [0.2, 0.25) is 5.16 Å². The van der Waals surface area contributed by atoms with E-state index in [0.717, 1.165) is 23.8 Å². The molecule has 0 saturated heterocycles. The van der Waals surface area contributed by atoms with Crippen LogP contribution in [0.3, 0.4) is 0 Å². The van der Waals surface area contributed by atoms with Crippen LogP contribution in [0.2, 0.25) is 0 Å². The van der Waals surface area contributed by atoms with E-state index in [1.165, 1.54) is 16.0 Å². The van der Waals surface area contributed by atoms with E-state index in [0.29, 0.717) is 0 Å². The lowest BCUT2D eigenvalue weighted by Gasteiger charge is -2.13. The largest absolute Gasteiger partial charge is 0.327 e. The normalized spacial score (nSPS) is 12.6. The number of H-pyrrole nitrogens is 1. The zero-order valence-electron chi connectivity index (χ0n) is 11.6. The molecule has 0 amide bonds. The van der Waals surface area contributed by atoms with Gasteiger partial charge in [-0.15, -0.1) is 5.10 Å². The minimum absolute atomic E-state index is 0.204. The van der Waals surface area contributed by atoms with Gasteiger partial charge < -0.3 is 5.73 Å². The van der Waals surface area contributed by atoms with Gasteiger partial charge in [-0.3, -0.25) is 5.10 Å².